The highest BCUT2D eigenvalue weighted by atomic mass is 32.2. The van der Waals surface area contributed by atoms with Crippen molar-refractivity contribution in [2.75, 3.05) is 18.0 Å². The number of hydrogen-bond acceptors (Lipinski definition) is 7. The number of pyridine rings is 2. The number of rotatable bonds is 4. The van der Waals surface area contributed by atoms with Crippen LogP contribution >= 0.6 is 0 Å². The molecule has 2 aromatic carbocycles. The largest absolute Gasteiger partial charge is 0.477 e. The van der Waals surface area contributed by atoms with E-state index in [2.05, 4.69) is 4.98 Å². The molecule has 0 amide bonds. The number of carboxylic acid groups (broad SMARTS) is 1. The highest BCUT2D eigenvalue weighted by Crippen LogP contribution is 2.27. The number of hydrogen-bond donors (Lipinski definition) is 3. The van der Waals surface area contributed by atoms with E-state index in [1.165, 1.54) is 6.07 Å². The molecule has 1 aliphatic rings. The zero-order chi connectivity index (χ0) is 29.4. The first-order valence-corrected chi connectivity index (χ1v) is 13.2. The molecule has 0 radical (unpaired) electrons. The number of anilines is 1. The van der Waals surface area contributed by atoms with Crippen LogP contribution in [0.4, 0.5) is 19.0 Å². The molecule has 4 aromatic rings. The molecular weight excluding hydrogens is 553 g/mol. The summed E-state index contributed by atoms with van der Waals surface area (Å²) in [6, 6.07) is 9.66. The van der Waals surface area contributed by atoms with Crippen LogP contribution in [0.1, 0.15) is 22.3 Å². The molecule has 10 nitrogen and oxygen atoms in total. The summed E-state index contributed by atoms with van der Waals surface area (Å²) in [5.74, 6) is -4.30. The van der Waals surface area contributed by atoms with Gasteiger partial charge in [-0.15, -0.1) is 0 Å². The Kier molecular flexibility index (Phi) is 7.95. The monoisotopic (exact) mass is 576 g/mol. The zero-order valence-corrected chi connectivity index (χ0v) is 21.7. The van der Waals surface area contributed by atoms with Crippen molar-refractivity contribution in [2.24, 2.45) is 5.73 Å². The van der Waals surface area contributed by atoms with E-state index in [0.29, 0.717) is 31.1 Å². The molecule has 14 heteroatoms. The summed E-state index contributed by atoms with van der Waals surface area (Å²) in [6.45, 7) is 2.42. The molecule has 1 saturated heterocycles. The Morgan fingerprint density at radius 2 is 1.80 bits per heavy atom. The van der Waals surface area contributed by atoms with Crippen LogP contribution in [0, 0.1) is 24.4 Å². The van der Waals surface area contributed by atoms with Crippen molar-refractivity contribution in [3.8, 4) is 5.69 Å². The van der Waals surface area contributed by atoms with E-state index in [-0.39, 0.29) is 33.5 Å². The molecule has 1 fully saturated rings. The van der Waals surface area contributed by atoms with Gasteiger partial charge in [-0.05, 0) is 43.2 Å². The fraction of sp³-hybridized carbons (Fsp3) is 0.192. The molecule has 0 saturated carbocycles. The van der Waals surface area contributed by atoms with Crippen LogP contribution in [0.3, 0.4) is 0 Å². The van der Waals surface area contributed by atoms with Gasteiger partial charge in [-0.3, -0.25) is 13.9 Å². The van der Waals surface area contributed by atoms with Gasteiger partial charge in [-0.25, -0.2) is 22.9 Å². The van der Waals surface area contributed by atoms with Crippen molar-refractivity contribution in [3.05, 3.63) is 93.5 Å². The average Bonchev–Trinajstić information content (AvgIpc) is 3.30. The van der Waals surface area contributed by atoms with E-state index in [1.54, 1.807) is 30.0 Å². The second-order valence-electron chi connectivity index (χ2n) is 9.04. The molecule has 5 rings (SSSR count). The number of nitrogens with two attached hydrogens (primary N) is 1. The molecule has 1 atom stereocenters. The van der Waals surface area contributed by atoms with Crippen molar-refractivity contribution < 1.29 is 36.0 Å². The second-order valence-corrected chi connectivity index (χ2v) is 10.4. The molecule has 0 aliphatic carbocycles. The zero-order valence-electron chi connectivity index (χ0n) is 20.9. The SMILES string of the molecule is Cc1ccccc1S(=O)(=O)O.NC1CCN(c2nc3c(cc2F)c(=O)c(C(=O)O)cn3-c2ccc(F)cc2F)C1. The van der Waals surface area contributed by atoms with Gasteiger partial charge in [-0.1, -0.05) is 18.2 Å². The Bertz CT molecular complexity index is 1800. The molecule has 0 spiro atoms. The van der Waals surface area contributed by atoms with E-state index in [1.807, 2.05) is 0 Å². The van der Waals surface area contributed by atoms with Gasteiger partial charge >= 0.3 is 5.97 Å². The van der Waals surface area contributed by atoms with Gasteiger partial charge in [0.15, 0.2) is 17.3 Å². The third-order valence-corrected chi connectivity index (χ3v) is 7.22. The Morgan fingerprint density at radius 3 is 2.35 bits per heavy atom. The van der Waals surface area contributed by atoms with Crippen LogP contribution in [-0.4, -0.2) is 52.7 Å². The van der Waals surface area contributed by atoms with Gasteiger partial charge in [0, 0.05) is 31.4 Å². The number of aryl methyl sites for hydroxylation is 1. The number of aromatic nitrogens is 2. The fourth-order valence-electron chi connectivity index (χ4n) is 4.27. The lowest BCUT2D eigenvalue weighted by Gasteiger charge is -2.19. The molecule has 2 aromatic heterocycles. The van der Waals surface area contributed by atoms with Crippen molar-refractivity contribution in [3.63, 3.8) is 0 Å². The standard InChI is InChI=1S/C19H15F3N4O3.C7H8O3S/c20-9-1-2-15(13(21)5-9)26-8-12(19(28)29)16(27)11-6-14(22)18(24-17(11)26)25-4-3-10(23)7-25;1-6-4-2-3-5-7(6)11(8,9)10/h1-2,5-6,8,10H,3-4,7,23H2,(H,28,29);2-5H,1H3,(H,8,9,10). The molecular formula is C26H23F3N4O6S. The molecule has 4 N–H and O–H groups in total. The summed E-state index contributed by atoms with van der Waals surface area (Å²) in [5, 5.41) is 9.00. The number of benzene rings is 2. The van der Waals surface area contributed by atoms with Crippen LogP contribution in [0.25, 0.3) is 16.7 Å². The number of halogens is 3. The minimum Gasteiger partial charge on any atom is -0.477 e. The van der Waals surface area contributed by atoms with Crippen molar-refractivity contribution in [2.45, 2.75) is 24.3 Å². The van der Waals surface area contributed by atoms with E-state index >= 15 is 0 Å². The Balaban J connectivity index is 0.000000283. The maximum absolute atomic E-state index is 14.7. The van der Waals surface area contributed by atoms with Crippen LogP contribution in [-0.2, 0) is 10.1 Å². The lowest BCUT2D eigenvalue weighted by Crippen LogP contribution is -2.28. The van der Waals surface area contributed by atoms with Gasteiger partial charge in [-0.2, -0.15) is 8.42 Å². The number of aromatic carboxylic acids is 1. The minimum atomic E-state index is -4.03. The quantitative estimate of drug-likeness (QED) is 0.310. The van der Waals surface area contributed by atoms with Crippen molar-refractivity contribution >= 4 is 32.9 Å². The summed E-state index contributed by atoms with van der Waals surface area (Å²) in [6.07, 6.45) is 1.52. The first kappa shape index (κ1) is 28.7. The molecule has 1 unspecified atom stereocenters. The highest BCUT2D eigenvalue weighted by molar-refractivity contribution is 7.85. The van der Waals surface area contributed by atoms with Gasteiger partial charge in [0.25, 0.3) is 10.1 Å². The van der Waals surface area contributed by atoms with Gasteiger partial charge in [0.05, 0.1) is 16.0 Å². The topological polar surface area (TPSA) is 156 Å². The Hall–Kier alpha value is -4.27. The predicted molar refractivity (Wildman–Crippen MR) is 140 cm³/mol. The fourth-order valence-corrected chi connectivity index (χ4v) is 5.00. The van der Waals surface area contributed by atoms with Crippen molar-refractivity contribution in [1.29, 1.82) is 0 Å². The summed E-state index contributed by atoms with van der Waals surface area (Å²) >= 11 is 0. The molecule has 210 valence electrons. The average molecular weight is 577 g/mol. The van der Waals surface area contributed by atoms with Crippen molar-refractivity contribution in [1.82, 2.24) is 9.55 Å². The normalized spacial score (nSPS) is 15.2. The Morgan fingerprint density at radius 1 is 1.10 bits per heavy atom. The molecule has 40 heavy (non-hydrogen) atoms. The Labute approximate surface area is 225 Å². The van der Waals surface area contributed by atoms with Gasteiger partial charge in [0.1, 0.15) is 17.2 Å². The lowest BCUT2D eigenvalue weighted by molar-refractivity contribution is 0.0695. The maximum Gasteiger partial charge on any atom is 0.341 e. The lowest BCUT2D eigenvalue weighted by atomic mass is 10.1. The number of nitrogens with zero attached hydrogens (tertiary/aromatic N) is 3. The molecule has 3 heterocycles. The third kappa shape index (κ3) is 5.83. The van der Waals surface area contributed by atoms with Crippen LogP contribution in [0.2, 0.25) is 0 Å². The minimum absolute atomic E-state index is 0.0278. The van der Waals surface area contributed by atoms with Gasteiger partial charge < -0.3 is 15.7 Å². The van der Waals surface area contributed by atoms with E-state index in [0.717, 1.165) is 29.0 Å². The van der Waals surface area contributed by atoms with E-state index < -0.39 is 44.5 Å². The maximum atomic E-state index is 14.7. The first-order valence-electron chi connectivity index (χ1n) is 11.8. The van der Waals surface area contributed by atoms with E-state index in [9.17, 15) is 36.3 Å². The van der Waals surface area contributed by atoms with Crippen LogP contribution in [0.15, 0.2) is 64.4 Å². The van der Waals surface area contributed by atoms with Crippen LogP contribution in [0.5, 0.6) is 0 Å². The summed E-state index contributed by atoms with van der Waals surface area (Å²) in [4.78, 5) is 29.8. The van der Waals surface area contributed by atoms with E-state index in [4.69, 9.17) is 10.3 Å². The second kappa shape index (κ2) is 11.1. The number of carboxylic acids is 1. The highest BCUT2D eigenvalue weighted by Gasteiger charge is 2.26. The van der Waals surface area contributed by atoms with Gasteiger partial charge in [0.2, 0.25) is 5.43 Å². The number of fused-ring (bicyclic) bond motifs is 1. The number of carbonyl (C=O) groups is 1. The van der Waals surface area contributed by atoms with Crippen LogP contribution < -0.4 is 16.1 Å². The summed E-state index contributed by atoms with van der Waals surface area (Å²) in [7, 11) is -4.03. The third-order valence-electron chi connectivity index (χ3n) is 6.21. The molecule has 1 aliphatic heterocycles. The first-order chi connectivity index (χ1) is 18.8. The smallest absolute Gasteiger partial charge is 0.341 e. The summed E-state index contributed by atoms with van der Waals surface area (Å²) < 4.78 is 73.3. The summed E-state index contributed by atoms with van der Waals surface area (Å²) in [5.41, 5.74) is 4.37. The predicted octanol–water partition coefficient (Wildman–Crippen LogP) is 3.28. The molecule has 0 bridgehead atoms.